The van der Waals surface area contributed by atoms with E-state index in [4.69, 9.17) is 29.0 Å². The van der Waals surface area contributed by atoms with E-state index in [0.717, 1.165) is 45.1 Å². The number of aryl methyl sites for hydroxylation is 1. The predicted molar refractivity (Wildman–Crippen MR) is 179 cm³/mol. The Morgan fingerprint density at radius 3 is 2.11 bits per heavy atom. The number of hydrogen-bond donors (Lipinski definition) is 1. The number of hydrogen-bond acceptors (Lipinski definition) is 9. The molecule has 1 aliphatic rings. The molecule has 244 valence electrons. The number of fused-ring (bicyclic) bond motifs is 1. The zero-order valence-corrected chi connectivity index (χ0v) is 27.5. The van der Waals surface area contributed by atoms with Crippen molar-refractivity contribution in [3.63, 3.8) is 0 Å². The van der Waals surface area contributed by atoms with Crippen LogP contribution in [0.3, 0.4) is 0 Å². The lowest BCUT2D eigenvalue weighted by molar-refractivity contribution is -0.0950. The summed E-state index contributed by atoms with van der Waals surface area (Å²) < 4.78 is 26.2. The Morgan fingerprint density at radius 2 is 1.53 bits per heavy atom. The van der Waals surface area contributed by atoms with Crippen molar-refractivity contribution in [1.29, 1.82) is 0 Å². The van der Waals surface area contributed by atoms with Crippen LogP contribution in [0.25, 0.3) is 11.0 Å². The van der Waals surface area contributed by atoms with Crippen molar-refractivity contribution < 1.29 is 24.1 Å². The predicted octanol–water partition coefficient (Wildman–Crippen LogP) is 5.42. The highest BCUT2D eigenvalue weighted by molar-refractivity contribution is 5.92. The van der Waals surface area contributed by atoms with Crippen LogP contribution in [-0.4, -0.2) is 82.7 Å². The monoisotopic (exact) mass is 636 g/mol. The molecule has 47 heavy (non-hydrogen) atoms. The fourth-order valence-electron chi connectivity index (χ4n) is 5.96. The molecule has 3 aromatic carbocycles. The Morgan fingerprint density at radius 1 is 0.936 bits per heavy atom. The molecular weight excluding hydrogens is 596 g/mol. The van der Waals surface area contributed by atoms with Gasteiger partial charge in [-0.1, -0.05) is 54.6 Å². The van der Waals surface area contributed by atoms with Crippen molar-refractivity contribution in [2.75, 3.05) is 34.9 Å². The van der Waals surface area contributed by atoms with Gasteiger partial charge in [-0.2, -0.15) is 5.10 Å². The molecule has 11 heteroatoms. The number of aliphatic hydroxyl groups excluding tert-OH is 1. The molecule has 6 rings (SSSR count). The number of aromatic nitrogens is 4. The first-order chi connectivity index (χ1) is 22.7. The van der Waals surface area contributed by atoms with Crippen LogP contribution in [-0.2, 0) is 15.1 Å². The van der Waals surface area contributed by atoms with Gasteiger partial charge < -0.3 is 29.0 Å². The molecule has 3 unspecified atom stereocenters. The number of rotatable bonds is 10. The number of methoxy groups -OCH3 is 2. The van der Waals surface area contributed by atoms with E-state index in [1.165, 1.54) is 6.33 Å². The summed E-state index contributed by atoms with van der Waals surface area (Å²) in [5.41, 5.74) is 2.99. The third-order valence-corrected chi connectivity index (χ3v) is 8.67. The molecule has 3 atom stereocenters. The largest absolute Gasteiger partial charge is 0.497 e. The first-order valence-corrected chi connectivity index (χ1v) is 15.5. The van der Waals surface area contributed by atoms with Crippen molar-refractivity contribution in [1.82, 2.24) is 24.6 Å². The fourth-order valence-corrected chi connectivity index (χ4v) is 5.96. The van der Waals surface area contributed by atoms with Crippen molar-refractivity contribution >= 4 is 22.7 Å². The quantitative estimate of drug-likeness (QED) is 0.122. The molecule has 0 amide bonds. The van der Waals surface area contributed by atoms with Crippen molar-refractivity contribution in [2.45, 2.75) is 44.3 Å². The normalized spacial score (nSPS) is 18.4. The summed E-state index contributed by atoms with van der Waals surface area (Å²) in [7, 11) is 7.15. The second-order valence-corrected chi connectivity index (χ2v) is 11.7. The summed E-state index contributed by atoms with van der Waals surface area (Å²) in [6.07, 6.45) is -0.229. The van der Waals surface area contributed by atoms with Gasteiger partial charge in [-0.15, -0.1) is 0 Å². The summed E-state index contributed by atoms with van der Waals surface area (Å²) in [5.74, 6) is 2.81. The molecule has 1 saturated heterocycles. The Bertz CT molecular complexity index is 1790. The van der Waals surface area contributed by atoms with Gasteiger partial charge in [-0.25, -0.2) is 19.6 Å². The zero-order valence-electron chi connectivity index (χ0n) is 27.5. The van der Waals surface area contributed by atoms with Gasteiger partial charge in [-0.05, 0) is 54.8 Å². The lowest BCUT2D eigenvalue weighted by Crippen LogP contribution is -2.38. The Hall–Kier alpha value is -4.84. The molecule has 0 bridgehead atoms. The third-order valence-electron chi connectivity index (χ3n) is 8.67. The van der Waals surface area contributed by atoms with Gasteiger partial charge in [0, 0.05) is 20.5 Å². The Kier molecular flexibility index (Phi) is 9.21. The van der Waals surface area contributed by atoms with E-state index < -0.39 is 24.0 Å². The van der Waals surface area contributed by atoms with Crippen LogP contribution in [0.5, 0.6) is 11.5 Å². The topological polar surface area (TPSA) is 116 Å². The average Bonchev–Trinajstić information content (AvgIpc) is 3.65. The minimum atomic E-state index is -1.04. The number of aliphatic hydroxyl groups is 1. The zero-order chi connectivity index (χ0) is 33.1. The molecule has 0 saturated carbocycles. The first-order valence-electron chi connectivity index (χ1n) is 15.5. The van der Waals surface area contributed by atoms with Gasteiger partial charge in [-0.3, -0.25) is 0 Å². The summed E-state index contributed by atoms with van der Waals surface area (Å²) in [5, 5.41) is 16.9. The van der Waals surface area contributed by atoms with E-state index in [1.807, 2.05) is 112 Å². The second-order valence-electron chi connectivity index (χ2n) is 11.7. The Balaban J connectivity index is 1.35. The lowest BCUT2D eigenvalue weighted by Gasteiger charge is -2.37. The number of ether oxygens (including phenoxy) is 4. The van der Waals surface area contributed by atoms with E-state index in [2.05, 4.69) is 9.97 Å². The number of amidine groups is 1. The molecule has 5 aromatic rings. The summed E-state index contributed by atoms with van der Waals surface area (Å²) >= 11 is 0. The van der Waals surface area contributed by atoms with E-state index in [9.17, 15) is 5.11 Å². The molecule has 0 spiro atoms. The maximum Gasteiger partial charge on any atom is 0.168 e. The van der Waals surface area contributed by atoms with Gasteiger partial charge >= 0.3 is 0 Å². The van der Waals surface area contributed by atoms with E-state index in [1.54, 1.807) is 18.9 Å². The summed E-state index contributed by atoms with van der Waals surface area (Å²) in [6.45, 7) is 3.91. The second kappa shape index (κ2) is 13.5. The van der Waals surface area contributed by atoms with E-state index in [-0.39, 0.29) is 6.61 Å². The minimum absolute atomic E-state index is 0.0926. The molecule has 0 radical (unpaired) electrons. The van der Waals surface area contributed by atoms with Crippen LogP contribution in [0, 0.1) is 6.92 Å². The maximum absolute atomic E-state index is 11.3. The van der Waals surface area contributed by atoms with Gasteiger partial charge in [0.15, 0.2) is 17.7 Å². The summed E-state index contributed by atoms with van der Waals surface area (Å²) in [6, 6.07) is 25.7. The Labute approximate surface area is 274 Å². The summed E-state index contributed by atoms with van der Waals surface area (Å²) in [4.78, 5) is 15.6. The van der Waals surface area contributed by atoms with Crippen LogP contribution in [0.1, 0.15) is 42.0 Å². The highest BCUT2D eigenvalue weighted by Crippen LogP contribution is 2.43. The van der Waals surface area contributed by atoms with Crippen LogP contribution in [0.4, 0.5) is 5.82 Å². The van der Waals surface area contributed by atoms with Crippen LogP contribution < -0.4 is 9.47 Å². The van der Waals surface area contributed by atoms with Gasteiger partial charge in [0.2, 0.25) is 0 Å². The molecule has 1 fully saturated rings. The molecule has 11 nitrogen and oxygen atoms in total. The van der Waals surface area contributed by atoms with Gasteiger partial charge in [0.1, 0.15) is 35.4 Å². The van der Waals surface area contributed by atoms with Gasteiger partial charge in [0.25, 0.3) is 0 Å². The minimum Gasteiger partial charge on any atom is -0.497 e. The highest BCUT2D eigenvalue weighted by Gasteiger charge is 2.42. The maximum atomic E-state index is 11.3. The van der Waals surface area contributed by atoms with Gasteiger partial charge in [0.05, 0.1) is 38.0 Å². The van der Waals surface area contributed by atoms with Crippen LogP contribution >= 0.6 is 0 Å². The SMILES string of the molecule is COc1ccc(C(OCC2OC(n3nc(C)c4c(N=C(C)N(C)C)ncnc43)CC2O)(c2ccccc2)c2ccc(OC)cc2)cc1. The molecule has 1 aliphatic heterocycles. The third kappa shape index (κ3) is 6.17. The smallest absolute Gasteiger partial charge is 0.168 e. The lowest BCUT2D eigenvalue weighted by atomic mass is 9.80. The fraction of sp³-hybridized carbons (Fsp3) is 0.333. The number of nitrogens with zero attached hydrogens (tertiary/aromatic N) is 6. The van der Waals surface area contributed by atoms with Crippen molar-refractivity contribution in [3.8, 4) is 11.5 Å². The number of aliphatic imine (C=N–C) groups is 1. The molecule has 1 N–H and O–H groups in total. The van der Waals surface area contributed by atoms with Crippen molar-refractivity contribution in [3.05, 3.63) is 108 Å². The molecule has 2 aromatic heterocycles. The highest BCUT2D eigenvalue weighted by atomic mass is 16.6. The molecular formula is C36H40N6O5. The molecule has 0 aliphatic carbocycles. The number of benzene rings is 3. The standard InChI is InChI=1S/C36H40N6O5/c1-23-33-34(39-24(2)41(3)4)37-22-38-35(33)42(40-23)32-20-30(43)31(47-32)21-46-36(25-10-8-7-9-11-25,26-12-16-28(44-5)17-13-26)27-14-18-29(45-6)19-15-27/h7-19,22,30-32,43H,20-21H2,1-6H3. The van der Waals surface area contributed by atoms with Crippen LogP contribution in [0.15, 0.2) is 90.2 Å². The van der Waals surface area contributed by atoms with Crippen LogP contribution in [0.2, 0.25) is 0 Å². The molecule has 3 heterocycles. The van der Waals surface area contributed by atoms with E-state index in [0.29, 0.717) is 17.9 Å². The first kappa shape index (κ1) is 32.1. The van der Waals surface area contributed by atoms with E-state index >= 15 is 0 Å². The van der Waals surface area contributed by atoms with Crippen molar-refractivity contribution in [2.24, 2.45) is 4.99 Å². The average molecular weight is 637 g/mol.